The van der Waals surface area contributed by atoms with Crippen molar-refractivity contribution in [1.82, 2.24) is 0 Å². The van der Waals surface area contributed by atoms with Crippen LogP contribution in [0.3, 0.4) is 0 Å². The van der Waals surface area contributed by atoms with Gasteiger partial charge in [-0.25, -0.2) is 4.18 Å². The summed E-state index contributed by atoms with van der Waals surface area (Å²) in [5.74, 6) is 2.34. The highest BCUT2D eigenvalue weighted by atomic mass is 32.3. The van der Waals surface area contributed by atoms with E-state index in [2.05, 4.69) is 80.3 Å². The van der Waals surface area contributed by atoms with Gasteiger partial charge in [0.2, 0.25) is 6.29 Å². The van der Waals surface area contributed by atoms with E-state index in [4.69, 9.17) is 23.7 Å². The summed E-state index contributed by atoms with van der Waals surface area (Å²) in [6, 6.07) is 0. The second-order valence-electron chi connectivity index (χ2n) is 30.3. The van der Waals surface area contributed by atoms with Crippen LogP contribution in [0.5, 0.6) is 0 Å². The lowest BCUT2D eigenvalue weighted by atomic mass is 9.79. The maximum atomic E-state index is 14.1. The smallest absolute Gasteiger partial charge is 0.397 e. The van der Waals surface area contributed by atoms with Gasteiger partial charge in [0.25, 0.3) is 0 Å². The van der Waals surface area contributed by atoms with Gasteiger partial charge in [0.05, 0.1) is 25.2 Å². The fourth-order valence-corrected chi connectivity index (χ4v) is 15.9. The molecule has 92 heavy (non-hydrogen) atoms. The number of aliphatic hydroxyl groups is 6. The predicted molar refractivity (Wildman–Crippen MR) is 367 cm³/mol. The summed E-state index contributed by atoms with van der Waals surface area (Å²) in [6.45, 7) is 25.5. The molecule has 2 heterocycles. The second kappa shape index (κ2) is 49.9. The van der Waals surface area contributed by atoms with Crippen molar-refractivity contribution in [2.45, 2.75) is 388 Å². The van der Waals surface area contributed by atoms with E-state index in [1.807, 2.05) is 0 Å². The Bertz CT molecular complexity index is 1950. The fraction of sp³-hybridized carbons (Fsp3) is 0.973. The highest BCUT2D eigenvalue weighted by molar-refractivity contribution is 7.80. The summed E-state index contributed by atoms with van der Waals surface area (Å²) in [4.78, 5) is 27.8. The first-order valence-corrected chi connectivity index (χ1v) is 39.1. The van der Waals surface area contributed by atoms with Crippen molar-refractivity contribution in [3.63, 3.8) is 0 Å². The average molecular weight is 1340 g/mol. The molecule has 2 fully saturated rings. The van der Waals surface area contributed by atoms with Gasteiger partial charge in [-0.15, -0.1) is 0 Å². The van der Waals surface area contributed by atoms with Crippen LogP contribution < -0.4 is 0 Å². The summed E-state index contributed by atoms with van der Waals surface area (Å²) in [5, 5.41) is 64.5. The van der Waals surface area contributed by atoms with Gasteiger partial charge in [0, 0.05) is 6.42 Å². The van der Waals surface area contributed by atoms with Gasteiger partial charge in [0.1, 0.15) is 30.5 Å². The third kappa shape index (κ3) is 38.0. The number of ether oxygens (including phenoxy) is 5. The molecular weight excluding hydrogens is 1190 g/mol. The number of carbonyl (C=O) groups is 2. The minimum atomic E-state index is -5.32. The quantitative estimate of drug-likeness (QED) is 0.0169. The van der Waals surface area contributed by atoms with Gasteiger partial charge in [-0.05, 0) is 124 Å². The lowest BCUT2D eigenvalue weighted by Crippen LogP contribution is -2.65. The molecule has 17 nitrogen and oxygen atoms in total. The Morgan fingerprint density at radius 2 is 0.761 bits per heavy atom. The average Bonchev–Trinajstić information content (AvgIpc) is 0.813. The SMILES string of the molecule is CCCCCCCCCCCCCCCC(=O)O[C@@H]1C(OC(=O)[C@@H](C)C[C@@H](C)C[C@@H](C)C[C@@H](C)C[C@@H](C)C[C@@H](C)C[C@@H](C)C[C@@H](C)C[C@@H](C)C[C@@H](C)C(O)CCCCCCCCCCCCCCC)[C@H](O)C(CO)O[C@@H]1O[C@H]1OC(CO)[C@@H](O)C(O)[C@@H]1OS(=O)(=O)O. The molecule has 0 saturated carbocycles. The molecule has 18 heteroatoms. The van der Waals surface area contributed by atoms with Gasteiger partial charge in [-0.1, -0.05) is 244 Å². The van der Waals surface area contributed by atoms with E-state index in [9.17, 15) is 53.2 Å². The van der Waals surface area contributed by atoms with E-state index in [1.165, 1.54) is 148 Å². The number of unbranched alkanes of at least 4 members (excludes halogenated alkanes) is 24. The normalized spacial score (nSPS) is 25.9. The highest BCUT2D eigenvalue weighted by Gasteiger charge is 2.55. The standard InChI is InChI=1S/C74H142O17S/c1-13-15-17-19-21-23-25-27-29-31-33-35-37-39-62(77)60(11)48-58(9)46-56(7)44-54(5)42-52(3)41-53(4)43-55(6)45-57(8)47-59(10)49-61(12)72(82)89-69-67(80)64(51-76)87-74(90-73-70(91-92(83,84)85)68(81)66(79)63(50-75)86-73)71(69)88-65(78)40-38-36-34-32-30-28-26-24-22-20-18-16-14-2/h52-64,66-71,73-77,79-81H,13-51H2,1-12H3,(H,83,84,85)/t52-,53+,54-,55+,56-,57+,58-,59+,60-,61+,62?,63?,64?,66-,67-,68?,69?,70+,71-,73-,74-/m1/s1. The molecule has 0 radical (unpaired) electrons. The van der Waals surface area contributed by atoms with Crippen LogP contribution in [-0.2, 0) is 47.9 Å². The Hall–Kier alpha value is -1.55. The Morgan fingerprint density at radius 1 is 0.424 bits per heavy atom. The summed E-state index contributed by atoms with van der Waals surface area (Å²) in [7, 11) is -5.32. The highest BCUT2D eigenvalue weighted by Crippen LogP contribution is 2.36. The molecule has 0 spiro atoms. The van der Waals surface area contributed by atoms with Crippen LogP contribution in [0, 0.1) is 59.2 Å². The molecule has 0 aromatic heterocycles. The van der Waals surface area contributed by atoms with Crippen molar-refractivity contribution in [2.24, 2.45) is 59.2 Å². The number of aliphatic hydroxyl groups excluding tert-OH is 6. The van der Waals surface area contributed by atoms with Gasteiger partial charge in [0.15, 0.2) is 24.6 Å². The van der Waals surface area contributed by atoms with E-state index in [-0.39, 0.29) is 18.4 Å². The molecule has 2 rings (SSSR count). The maximum absolute atomic E-state index is 14.1. The largest absolute Gasteiger partial charge is 0.455 e. The molecule has 0 aliphatic carbocycles. The number of rotatable bonds is 56. The molecular formula is C74H142O17S. The Labute approximate surface area is 561 Å². The zero-order valence-corrected chi connectivity index (χ0v) is 61.1. The summed E-state index contributed by atoms with van der Waals surface area (Å²) < 4.78 is 67.5. The molecule has 0 amide bonds. The van der Waals surface area contributed by atoms with Crippen molar-refractivity contribution < 1.29 is 81.1 Å². The lowest BCUT2D eigenvalue weighted by Gasteiger charge is -2.46. The third-order valence-corrected chi connectivity index (χ3v) is 20.4. The predicted octanol–water partition coefficient (Wildman–Crippen LogP) is 15.7. The van der Waals surface area contributed by atoms with Gasteiger partial charge < -0.3 is 54.3 Å². The second-order valence-corrected chi connectivity index (χ2v) is 31.4. The van der Waals surface area contributed by atoms with E-state index < -0.39 is 103 Å². The van der Waals surface area contributed by atoms with E-state index in [1.54, 1.807) is 6.92 Å². The summed E-state index contributed by atoms with van der Waals surface area (Å²) in [5.41, 5.74) is 0. The van der Waals surface area contributed by atoms with Crippen molar-refractivity contribution in [2.75, 3.05) is 13.2 Å². The van der Waals surface area contributed by atoms with Crippen LogP contribution in [-0.4, -0.2) is 136 Å². The Kier molecular flexibility index (Phi) is 46.9. The van der Waals surface area contributed by atoms with Gasteiger partial charge in [-0.3, -0.25) is 14.1 Å². The summed E-state index contributed by atoms with van der Waals surface area (Å²) >= 11 is 0. The molecule has 7 N–H and O–H groups in total. The van der Waals surface area contributed by atoms with Crippen LogP contribution in [0.25, 0.3) is 0 Å². The molecule has 2 aliphatic rings. The number of esters is 2. The Balaban J connectivity index is 1.93. The van der Waals surface area contributed by atoms with Gasteiger partial charge >= 0.3 is 22.3 Å². The first-order valence-electron chi connectivity index (χ1n) is 37.7. The topological polar surface area (TPSA) is 265 Å². The molecule has 0 bridgehead atoms. The van der Waals surface area contributed by atoms with E-state index in [0.29, 0.717) is 60.2 Å². The van der Waals surface area contributed by atoms with Crippen molar-refractivity contribution in [3.05, 3.63) is 0 Å². The van der Waals surface area contributed by atoms with Crippen molar-refractivity contribution in [3.8, 4) is 0 Å². The van der Waals surface area contributed by atoms with Crippen LogP contribution >= 0.6 is 0 Å². The maximum Gasteiger partial charge on any atom is 0.397 e. The zero-order chi connectivity index (χ0) is 68.6. The number of hydrogen-bond donors (Lipinski definition) is 7. The van der Waals surface area contributed by atoms with Crippen LogP contribution in [0.15, 0.2) is 0 Å². The van der Waals surface area contributed by atoms with Crippen molar-refractivity contribution in [1.29, 1.82) is 0 Å². The van der Waals surface area contributed by atoms with Crippen LogP contribution in [0.2, 0.25) is 0 Å². The molecule has 0 aromatic carbocycles. The molecule has 21 atom stereocenters. The molecule has 5 unspecified atom stereocenters. The lowest BCUT2D eigenvalue weighted by molar-refractivity contribution is -0.374. The molecule has 2 saturated heterocycles. The molecule has 546 valence electrons. The summed E-state index contributed by atoms with van der Waals surface area (Å²) in [6.07, 6.45) is 23.5. The van der Waals surface area contributed by atoms with Gasteiger partial charge in [-0.2, -0.15) is 8.42 Å². The third-order valence-electron chi connectivity index (χ3n) is 20.0. The molecule has 0 aromatic rings. The number of hydrogen-bond acceptors (Lipinski definition) is 16. The van der Waals surface area contributed by atoms with Crippen molar-refractivity contribution >= 4 is 22.3 Å². The zero-order valence-electron chi connectivity index (χ0n) is 60.3. The first-order chi connectivity index (χ1) is 43.7. The van der Waals surface area contributed by atoms with Crippen LogP contribution in [0.4, 0.5) is 0 Å². The molecule has 2 aliphatic heterocycles. The minimum Gasteiger partial charge on any atom is -0.455 e. The van der Waals surface area contributed by atoms with E-state index >= 15 is 0 Å². The van der Waals surface area contributed by atoms with Crippen LogP contribution in [0.1, 0.15) is 321 Å². The Morgan fingerprint density at radius 3 is 1.14 bits per heavy atom. The minimum absolute atomic E-state index is 0.0539. The monoisotopic (exact) mass is 1330 g/mol. The van der Waals surface area contributed by atoms with E-state index in [0.717, 1.165) is 70.6 Å². The first kappa shape index (κ1) is 86.5. The fourth-order valence-electron chi connectivity index (χ4n) is 15.4. The number of carbonyl (C=O) groups excluding carboxylic acids is 2.